The topological polar surface area (TPSA) is 64.1 Å². The molecule has 0 atom stereocenters. The first-order valence-electron chi connectivity index (χ1n) is 6.48. The molecule has 0 unspecified atom stereocenters. The fourth-order valence-corrected chi connectivity index (χ4v) is 3.07. The number of carbonyl (C=O) groups is 1. The summed E-state index contributed by atoms with van der Waals surface area (Å²) in [6.45, 7) is 3.32. The van der Waals surface area contributed by atoms with Crippen LogP contribution in [0.1, 0.15) is 41.6 Å². The van der Waals surface area contributed by atoms with Crippen LogP contribution in [0, 0.1) is 0 Å². The summed E-state index contributed by atoms with van der Waals surface area (Å²) < 4.78 is 9.21. The Balaban J connectivity index is 2.08. The number of halogens is 1. The molecular weight excluding hydrogens is 286 g/mol. The third-order valence-corrected chi connectivity index (χ3v) is 4.61. The summed E-state index contributed by atoms with van der Waals surface area (Å²) in [6, 6.07) is 0. The highest BCUT2D eigenvalue weighted by atomic mass is 35.5. The van der Waals surface area contributed by atoms with E-state index in [2.05, 4.69) is 21.8 Å². The van der Waals surface area contributed by atoms with Crippen molar-refractivity contribution in [2.24, 2.45) is 0 Å². The van der Waals surface area contributed by atoms with E-state index < -0.39 is 0 Å². The lowest BCUT2D eigenvalue weighted by molar-refractivity contribution is 0.0435. The number of nitrogens with one attached hydrogen (secondary N) is 1. The van der Waals surface area contributed by atoms with Gasteiger partial charge < -0.3 is 10.1 Å². The van der Waals surface area contributed by atoms with E-state index in [0.29, 0.717) is 24.0 Å². The summed E-state index contributed by atoms with van der Waals surface area (Å²) in [6.07, 6.45) is 3.21. The predicted molar refractivity (Wildman–Crippen MR) is 74.9 cm³/mol. The van der Waals surface area contributed by atoms with Gasteiger partial charge in [0.2, 0.25) is 0 Å². The third kappa shape index (κ3) is 3.43. The summed E-state index contributed by atoms with van der Waals surface area (Å²) in [7, 11) is 0. The first-order valence-corrected chi connectivity index (χ1v) is 7.79. The van der Waals surface area contributed by atoms with Crippen molar-refractivity contribution in [3.8, 4) is 0 Å². The van der Waals surface area contributed by atoms with Crippen molar-refractivity contribution in [1.29, 1.82) is 0 Å². The van der Waals surface area contributed by atoms with Gasteiger partial charge in [0.15, 0.2) is 0 Å². The fraction of sp³-hybridized carbons (Fsp3) is 0.750. The molecule has 1 aliphatic rings. The molecule has 0 bridgehead atoms. The number of ether oxygens (including phenoxy) is 1. The van der Waals surface area contributed by atoms with Crippen LogP contribution in [0.25, 0.3) is 0 Å². The van der Waals surface area contributed by atoms with Gasteiger partial charge in [0.1, 0.15) is 4.88 Å². The quantitative estimate of drug-likeness (QED) is 0.845. The number of rotatable bonds is 5. The zero-order valence-electron chi connectivity index (χ0n) is 10.9. The van der Waals surface area contributed by atoms with Crippen molar-refractivity contribution in [3.05, 3.63) is 10.6 Å². The summed E-state index contributed by atoms with van der Waals surface area (Å²) in [5, 5.41) is 7.08. The standard InChI is InChI=1S/C12H18ClN3O2S/c1-2-3-9-10(19-16-15-9)11(17)14-12(8-13)4-6-18-7-5-12/h2-8H2,1H3,(H,14,17). The van der Waals surface area contributed by atoms with Gasteiger partial charge in [0, 0.05) is 19.1 Å². The Kier molecular flexibility index (Phi) is 5.13. The molecule has 2 rings (SSSR count). The van der Waals surface area contributed by atoms with E-state index >= 15 is 0 Å². The van der Waals surface area contributed by atoms with Crippen LogP contribution >= 0.6 is 23.1 Å². The molecule has 5 nitrogen and oxygen atoms in total. The Morgan fingerprint density at radius 1 is 1.53 bits per heavy atom. The number of hydrogen-bond donors (Lipinski definition) is 1. The third-order valence-electron chi connectivity index (χ3n) is 3.33. The number of amides is 1. The molecular formula is C12H18ClN3O2S. The molecule has 19 heavy (non-hydrogen) atoms. The Bertz CT molecular complexity index is 432. The van der Waals surface area contributed by atoms with Gasteiger partial charge >= 0.3 is 0 Å². The molecule has 0 radical (unpaired) electrons. The van der Waals surface area contributed by atoms with Crippen molar-refractivity contribution in [2.75, 3.05) is 19.1 Å². The van der Waals surface area contributed by atoms with Crippen molar-refractivity contribution >= 4 is 29.0 Å². The molecule has 0 aliphatic carbocycles. The number of carbonyl (C=O) groups excluding carboxylic acids is 1. The maximum Gasteiger partial charge on any atom is 0.265 e. The molecule has 2 heterocycles. The normalized spacial score (nSPS) is 18.2. The van der Waals surface area contributed by atoms with Gasteiger partial charge in [-0.1, -0.05) is 17.8 Å². The largest absolute Gasteiger partial charge is 0.381 e. The molecule has 1 aliphatic heterocycles. The Morgan fingerprint density at radius 2 is 2.26 bits per heavy atom. The van der Waals surface area contributed by atoms with E-state index in [0.717, 1.165) is 42.9 Å². The second-order valence-corrected chi connectivity index (χ2v) is 5.80. The Labute approximate surface area is 121 Å². The molecule has 106 valence electrons. The molecule has 1 aromatic rings. The maximum absolute atomic E-state index is 12.4. The lowest BCUT2D eigenvalue weighted by atomic mass is 9.92. The van der Waals surface area contributed by atoms with Crippen LogP contribution in [0.15, 0.2) is 0 Å². The molecule has 0 saturated carbocycles. The van der Waals surface area contributed by atoms with Crippen molar-refractivity contribution in [1.82, 2.24) is 14.9 Å². The maximum atomic E-state index is 12.4. The minimum Gasteiger partial charge on any atom is -0.381 e. The van der Waals surface area contributed by atoms with Crippen molar-refractivity contribution in [3.63, 3.8) is 0 Å². The number of hydrogen-bond acceptors (Lipinski definition) is 5. The molecule has 1 saturated heterocycles. The number of alkyl halides is 1. The van der Waals surface area contributed by atoms with Crippen LogP contribution in [0.2, 0.25) is 0 Å². The Morgan fingerprint density at radius 3 is 2.89 bits per heavy atom. The first-order chi connectivity index (χ1) is 9.21. The average molecular weight is 304 g/mol. The van der Waals surface area contributed by atoms with E-state index in [4.69, 9.17) is 16.3 Å². The van der Waals surface area contributed by atoms with E-state index in [-0.39, 0.29) is 11.4 Å². The summed E-state index contributed by atoms with van der Waals surface area (Å²) in [5.41, 5.74) is 0.423. The van der Waals surface area contributed by atoms with Gasteiger partial charge in [-0.3, -0.25) is 4.79 Å². The lowest BCUT2D eigenvalue weighted by Gasteiger charge is -2.36. The van der Waals surface area contributed by atoms with Crippen LogP contribution in [-0.4, -0.2) is 40.1 Å². The summed E-state index contributed by atoms with van der Waals surface area (Å²) >= 11 is 7.19. The number of nitrogens with zero attached hydrogens (tertiary/aromatic N) is 2. The lowest BCUT2D eigenvalue weighted by Crippen LogP contribution is -2.53. The average Bonchev–Trinajstić information content (AvgIpc) is 2.88. The summed E-state index contributed by atoms with van der Waals surface area (Å²) in [4.78, 5) is 13.0. The minimum atomic E-state index is -0.357. The number of aryl methyl sites for hydroxylation is 1. The van der Waals surface area contributed by atoms with Crippen LogP contribution in [0.4, 0.5) is 0 Å². The van der Waals surface area contributed by atoms with E-state index in [1.54, 1.807) is 0 Å². The molecule has 7 heteroatoms. The van der Waals surface area contributed by atoms with E-state index in [9.17, 15) is 4.79 Å². The van der Waals surface area contributed by atoms with Gasteiger partial charge in [-0.15, -0.1) is 16.7 Å². The minimum absolute atomic E-state index is 0.110. The molecule has 1 amide bonds. The number of aromatic nitrogens is 2. The van der Waals surface area contributed by atoms with Gasteiger partial charge in [0.05, 0.1) is 11.2 Å². The fourth-order valence-electron chi connectivity index (χ4n) is 2.13. The molecule has 0 spiro atoms. The van der Waals surface area contributed by atoms with Gasteiger partial charge in [-0.25, -0.2) is 0 Å². The van der Waals surface area contributed by atoms with Crippen LogP contribution in [0.3, 0.4) is 0 Å². The monoisotopic (exact) mass is 303 g/mol. The molecule has 1 N–H and O–H groups in total. The van der Waals surface area contributed by atoms with Crippen molar-refractivity contribution < 1.29 is 9.53 Å². The smallest absolute Gasteiger partial charge is 0.265 e. The first kappa shape index (κ1) is 14.7. The zero-order chi connectivity index (χ0) is 13.7. The van der Waals surface area contributed by atoms with Crippen LogP contribution in [0.5, 0.6) is 0 Å². The van der Waals surface area contributed by atoms with Gasteiger partial charge in [-0.2, -0.15) is 0 Å². The molecule has 0 aromatic carbocycles. The van der Waals surface area contributed by atoms with Crippen LogP contribution in [-0.2, 0) is 11.2 Å². The second-order valence-electron chi connectivity index (χ2n) is 4.78. The molecule has 1 fully saturated rings. The second kappa shape index (κ2) is 6.63. The summed E-state index contributed by atoms with van der Waals surface area (Å²) in [5.74, 6) is 0.290. The van der Waals surface area contributed by atoms with Crippen LogP contribution < -0.4 is 5.32 Å². The highest BCUT2D eigenvalue weighted by molar-refractivity contribution is 7.08. The Hall–Kier alpha value is -0.720. The van der Waals surface area contributed by atoms with E-state index in [1.807, 2.05) is 0 Å². The zero-order valence-corrected chi connectivity index (χ0v) is 12.5. The highest BCUT2D eigenvalue weighted by Gasteiger charge is 2.34. The highest BCUT2D eigenvalue weighted by Crippen LogP contribution is 2.24. The molecule has 1 aromatic heterocycles. The van der Waals surface area contributed by atoms with Gasteiger partial charge in [0.25, 0.3) is 5.91 Å². The van der Waals surface area contributed by atoms with E-state index in [1.165, 1.54) is 0 Å². The van der Waals surface area contributed by atoms with Gasteiger partial charge in [-0.05, 0) is 30.8 Å². The SMILES string of the molecule is CCCc1nnsc1C(=O)NC1(CCl)CCOCC1. The van der Waals surface area contributed by atoms with Crippen molar-refractivity contribution in [2.45, 2.75) is 38.1 Å². The predicted octanol–water partition coefficient (Wildman–Crippen LogP) is 2.01.